The van der Waals surface area contributed by atoms with Crippen LogP contribution in [0.25, 0.3) is 11.4 Å². The lowest BCUT2D eigenvalue weighted by Crippen LogP contribution is -1.93. The molecular weight excluding hydrogens is 336 g/mol. The van der Waals surface area contributed by atoms with Gasteiger partial charge in [0.2, 0.25) is 5.16 Å². The average Bonchev–Trinajstić information content (AvgIpc) is 3.10. The van der Waals surface area contributed by atoms with Crippen LogP contribution in [0.5, 0.6) is 0 Å². The highest BCUT2D eigenvalue weighted by molar-refractivity contribution is 7.99. The van der Waals surface area contributed by atoms with Crippen LogP contribution in [0.4, 0.5) is 5.69 Å². The lowest BCUT2D eigenvalue weighted by Gasteiger charge is -2.08. The summed E-state index contributed by atoms with van der Waals surface area (Å²) in [5.74, 6) is 0.719. The lowest BCUT2D eigenvalue weighted by atomic mass is 10.1. The predicted molar refractivity (Wildman–Crippen MR) is 98.6 cm³/mol. The second-order valence-electron chi connectivity index (χ2n) is 5.63. The van der Waals surface area contributed by atoms with E-state index in [4.69, 9.17) is 0 Å². The highest BCUT2D eigenvalue weighted by atomic mass is 32.2. The van der Waals surface area contributed by atoms with E-state index in [1.165, 1.54) is 23.4 Å². The van der Waals surface area contributed by atoms with Gasteiger partial charge in [0.15, 0.2) is 5.82 Å². The minimum absolute atomic E-state index is 0.00557. The third-order valence-electron chi connectivity index (χ3n) is 3.93. The summed E-state index contributed by atoms with van der Waals surface area (Å²) in [5.41, 5.74) is 3.23. The van der Waals surface area contributed by atoms with Gasteiger partial charge in [-0.3, -0.25) is 15.2 Å². The van der Waals surface area contributed by atoms with Crippen molar-refractivity contribution >= 4 is 17.4 Å². The van der Waals surface area contributed by atoms with Crippen LogP contribution in [0.3, 0.4) is 0 Å². The molecule has 0 aliphatic heterocycles. The molecule has 0 aliphatic carbocycles. The minimum Gasteiger partial charge on any atom is -0.258 e. The number of nitro benzene ring substituents is 1. The number of nitrogens with one attached hydrogen (secondary N) is 1. The SMILES string of the molecule is CCc1ccc(-c2nc(S[C@H](C)c3cccc([N+](=O)[O-])c3)n[nH]2)cc1. The van der Waals surface area contributed by atoms with Crippen molar-refractivity contribution in [1.29, 1.82) is 0 Å². The van der Waals surface area contributed by atoms with Gasteiger partial charge >= 0.3 is 0 Å². The van der Waals surface area contributed by atoms with Crippen LogP contribution in [-0.4, -0.2) is 20.1 Å². The predicted octanol–water partition coefficient (Wildman–Crippen LogP) is 4.80. The number of aromatic nitrogens is 3. The van der Waals surface area contributed by atoms with Gasteiger partial charge in [-0.15, -0.1) is 5.10 Å². The normalized spacial score (nSPS) is 12.1. The van der Waals surface area contributed by atoms with Gasteiger partial charge in [-0.25, -0.2) is 4.98 Å². The number of hydrogen-bond donors (Lipinski definition) is 1. The van der Waals surface area contributed by atoms with E-state index in [9.17, 15) is 10.1 Å². The van der Waals surface area contributed by atoms with Crippen molar-refractivity contribution in [2.75, 3.05) is 0 Å². The van der Waals surface area contributed by atoms with Gasteiger partial charge in [0.1, 0.15) is 0 Å². The topological polar surface area (TPSA) is 84.7 Å². The maximum atomic E-state index is 10.9. The number of non-ortho nitro benzene ring substituents is 1. The van der Waals surface area contributed by atoms with Crippen molar-refractivity contribution in [1.82, 2.24) is 15.2 Å². The molecule has 0 bridgehead atoms. The summed E-state index contributed by atoms with van der Waals surface area (Å²) >= 11 is 1.46. The Labute approximate surface area is 149 Å². The molecule has 2 aromatic carbocycles. The molecule has 6 nitrogen and oxygen atoms in total. The van der Waals surface area contributed by atoms with E-state index in [0.29, 0.717) is 5.16 Å². The van der Waals surface area contributed by atoms with Crippen LogP contribution in [0.2, 0.25) is 0 Å². The fraction of sp³-hybridized carbons (Fsp3) is 0.222. The molecule has 3 rings (SSSR count). The zero-order valence-corrected chi connectivity index (χ0v) is 14.8. The van der Waals surface area contributed by atoms with Crippen molar-refractivity contribution in [3.63, 3.8) is 0 Å². The quantitative estimate of drug-likeness (QED) is 0.390. The molecule has 0 saturated heterocycles. The molecule has 1 N–H and O–H groups in total. The Morgan fingerprint density at radius 2 is 2.00 bits per heavy atom. The maximum Gasteiger partial charge on any atom is 0.269 e. The van der Waals surface area contributed by atoms with Gasteiger partial charge in [-0.2, -0.15) is 0 Å². The van der Waals surface area contributed by atoms with Gasteiger partial charge in [-0.1, -0.05) is 55.1 Å². The van der Waals surface area contributed by atoms with Gasteiger partial charge in [0.05, 0.1) is 4.92 Å². The number of rotatable bonds is 6. The van der Waals surface area contributed by atoms with Crippen LogP contribution in [0.1, 0.15) is 30.2 Å². The molecule has 1 atom stereocenters. The number of hydrogen-bond acceptors (Lipinski definition) is 5. The lowest BCUT2D eigenvalue weighted by molar-refractivity contribution is -0.384. The third-order valence-corrected chi connectivity index (χ3v) is 4.95. The first-order chi connectivity index (χ1) is 12.1. The molecule has 0 spiro atoms. The Kier molecular flexibility index (Phi) is 5.14. The monoisotopic (exact) mass is 354 g/mol. The molecular formula is C18H18N4O2S. The van der Waals surface area contributed by atoms with Crippen molar-refractivity contribution in [3.05, 3.63) is 69.8 Å². The van der Waals surface area contributed by atoms with E-state index in [-0.39, 0.29) is 15.9 Å². The van der Waals surface area contributed by atoms with Crippen molar-refractivity contribution in [3.8, 4) is 11.4 Å². The number of thioether (sulfide) groups is 1. The summed E-state index contributed by atoms with van der Waals surface area (Å²) in [6.45, 7) is 4.10. The molecule has 1 heterocycles. The highest BCUT2D eigenvalue weighted by Crippen LogP contribution is 2.34. The van der Waals surface area contributed by atoms with Crippen LogP contribution >= 0.6 is 11.8 Å². The first kappa shape index (κ1) is 17.2. The maximum absolute atomic E-state index is 10.9. The summed E-state index contributed by atoms with van der Waals surface area (Å²) < 4.78 is 0. The first-order valence-corrected chi connectivity index (χ1v) is 8.87. The zero-order chi connectivity index (χ0) is 17.8. The van der Waals surface area contributed by atoms with E-state index >= 15 is 0 Å². The Balaban J connectivity index is 1.74. The number of benzene rings is 2. The highest BCUT2D eigenvalue weighted by Gasteiger charge is 2.15. The zero-order valence-electron chi connectivity index (χ0n) is 14.0. The molecule has 0 amide bonds. The smallest absolute Gasteiger partial charge is 0.258 e. The largest absolute Gasteiger partial charge is 0.269 e. The van der Waals surface area contributed by atoms with Crippen LogP contribution < -0.4 is 0 Å². The number of nitrogens with zero attached hydrogens (tertiary/aromatic N) is 3. The molecule has 0 radical (unpaired) electrons. The Hall–Kier alpha value is -2.67. The first-order valence-electron chi connectivity index (χ1n) is 7.99. The van der Waals surface area contributed by atoms with Crippen LogP contribution in [0, 0.1) is 10.1 Å². The summed E-state index contributed by atoms with van der Waals surface area (Å²) in [6.07, 6.45) is 0.999. The second-order valence-corrected chi connectivity index (χ2v) is 6.94. The van der Waals surface area contributed by atoms with E-state index in [1.807, 2.05) is 25.1 Å². The molecule has 1 aromatic heterocycles. The standard InChI is InChI=1S/C18H18N4O2S/c1-3-13-7-9-14(10-8-13)17-19-18(21-20-17)25-12(2)15-5-4-6-16(11-15)22(23)24/h4-12H,3H2,1-2H3,(H,19,20,21)/t12-/m1/s1. The van der Waals surface area contributed by atoms with Crippen molar-refractivity contribution in [2.24, 2.45) is 0 Å². The Bertz CT molecular complexity index is 877. The van der Waals surface area contributed by atoms with Gasteiger partial charge in [-0.05, 0) is 24.5 Å². The number of nitro groups is 1. The fourth-order valence-electron chi connectivity index (χ4n) is 2.44. The van der Waals surface area contributed by atoms with E-state index in [1.54, 1.807) is 12.1 Å². The second kappa shape index (κ2) is 7.48. The number of aryl methyl sites for hydroxylation is 1. The Morgan fingerprint density at radius 3 is 2.68 bits per heavy atom. The summed E-state index contributed by atoms with van der Waals surface area (Å²) in [5, 5.41) is 18.7. The summed E-state index contributed by atoms with van der Waals surface area (Å²) in [6, 6.07) is 14.9. The molecule has 3 aromatic rings. The Morgan fingerprint density at radius 1 is 1.24 bits per heavy atom. The van der Waals surface area contributed by atoms with E-state index in [0.717, 1.165) is 23.4 Å². The van der Waals surface area contributed by atoms with Gasteiger partial charge in [0, 0.05) is 22.9 Å². The summed E-state index contributed by atoms with van der Waals surface area (Å²) in [7, 11) is 0. The van der Waals surface area contributed by atoms with E-state index in [2.05, 4.69) is 34.2 Å². The molecule has 7 heteroatoms. The van der Waals surface area contributed by atoms with Crippen LogP contribution in [-0.2, 0) is 6.42 Å². The number of H-pyrrole nitrogens is 1. The molecule has 128 valence electrons. The van der Waals surface area contributed by atoms with Gasteiger partial charge < -0.3 is 0 Å². The number of aromatic amines is 1. The molecule has 0 fully saturated rings. The molecule has 25 heavy (non-hydrogen) atoms. The van der Waals surface area contributed by atoms with Crippen molar-refractivity contribution < 1.29 is 4.92 Å². The fourth-order valence-corrected chi connectivity index (χ4v) is 3.29. The average molecular weight is 354 g/mol. The molecule has 0 aliphatic rings. The van der Waals surface area contributed by atoms with Crippen LogP contribution in [0.15, 0.2) is 53.7 Å². The van der Waals surface area contributed by atoms with E-state index < -0.39 is 0 Å². The minimum atomic E-state index is -0.383. The molecule has 0 saturated carbocycles. The third kappa shape index (κ3) is 4.06. The summed E-state index contributed by atoms with van der Waals surface area (Å²) in [4.78, 5) is 15.0. The molecule has 0 unspecified atom stereocenters. The van der Waals surface area contributed by atoms with Gasteiger partial charge in [0.25, 0.3) is 5.69 Å². The van der Waals surface area contributed by atoms with Crippen molar-refractivity contribution in [2.45, 2.75) is 30.7 Å².